The van der Waals surface area contributed by atoms with Crippen LogP contribution in [0.25, 0.3) is 0 Å². The maximum atomic E-state index is 12.6. The smallest absolute Gasteiger partial charge is 0.264 e. The van der Waals surface area contributed by atoms with Gasteiger partial charge in [-0.2, -0.15) is 5.10 Å². The van der Waals surface area contributed by atoms with Gasteiger partial charge in [0.1, 0.15) is 0 Å². The fourth-order valence-electron chi connectivity index (χ4n) is 3.22. The molecule has 4 nitrogen and oxygen atoms in total. The van der Waals surface area contributed by atoms with Crippen molar-refractivity contribution in [2.75, 3.05) is 6.54 Å². The molecule has 0 saturated heterocycles. The Hall–Kier alpha value is -1.62. The zero-order valence-electron chi connectivity index (χ0n) is 11.6. The Balaban J connectivity index is 1.62. The number of carbonyl (C=O) groups excluding carboxylic acids is 1. The topological polar surface area (TPSA) is 38.1 Å². The standard InChI is InChI=1S/C15H17N3OS/c1-10-7-14(20-9-10)15(19)17-5-6-18-13(8-17)11-3-2-4-12(11)16-18/h7,9H,2-6,8H2,1H3. The summed E-state index contributed by atoms with van der Waals surface area (Å²) < 4.78 is 2.12. The van der Waals surface area contributed by atoms with Gasteiger partial charge in [-0.15, -0.1) is 11.3 Å². The molecule has 0 saturated carbocycles. The van der Waals surface area contributed by atoms with Gasteiger partial charge in [0.05, 0.1) is 29.4 Å². The molecule has 1 amide bonds. The molecule has 1 aliphatic carbocycles. The third-order valence-corrected chi connectivity index (χ3v) is 5.28. The first kappa shape index (κ1) is 12.1. The lowest BCUT2D eigenvalue weighted by Crippen LogP contribution is -2.38. The highest BCUT2D eigenvalue weighted by atomic mass is 32.1. The van der Waals surface area contributed by atoms with Crippen LogP contribution in [-0.2, 0) is 25.9 Å². The zero-order chi connectivity index (χ0) is 13.7. The molecule has 0 N–H and O–H groups in total. The molecule has 3 heterocycles. The Bertz CT molecular complexity index is 685. The lowest BCUT2D eigenvalue weighted by molar-refractivity contribution is 0.0710. The predicted octanol–water partition coefficient (Wildman–Crippen LogP) is 2.40. The minimum Gasteiger partial charge on any atom is -0.330 e. The SMILES string of the molecule is Cc1csc(C(=O)N2CCn3nc4c(c3C2)CCC4)c1. The number of aromatic nitrogens is 2. The monoisotopic (exact) mass is 287 g/mol. The number of carbonyl (C=O) groups is 1. The molecule has 5 heteroatoms. The van der Waals surface area contributed by atoms with Crippen LogP contribution < -0.4 is 0 Å². The number of aryl methyl sites for hydroxylation is 2. The summed E-state index contributed by atoms with van der Waals surface area (Å²) in [6.45, 7) is 4.35. The number of hydrogen-bond donors (Lipinski definition) is 0. The number of amides is 1. The molecule has 0 bridgehead atoms. The quantitative estimate of drug-likeness (QED) is 0.808. The lowest BCUT2D eigenvalue weighted by atomic mass is 10.1. The summed E-state index contributed by atoms with van der Waals surface area (Å²) in [7, 11) is 0. The van der Waals surface area contributed by atoms with Crippen LogP contribution in [-0.4, -0.2) is 27.1 Å². The normalized spacial score (nSPS) is 17.1. The van der Waals surface area contributed by atoms with E-state index in [-0.39, 0.29) is 5.91 Å². The minimum atomic E-state index is 0.169. The van der Waals surface area contributed by atoms with Gasteiger partial charge < -0.3 is 4.90 Å². The Kier molecular flexibility index (Phi) is 2.70. The number of thiophene rings is 1. The fraction of sp³-hybridized carbons (Fsp3) is 0.467. The largest absolute Gasteiger partial charge is 0.330 e. The lowest BCUT2D eigenvalue weighted by Gasteiger charge is -2.28. The van der Waals surface area contributed by atoms with Crippen LogP contribution in [0, 0.1) is 6.92 Å². The highest BCUT2D eigenvalue weighted by Gasteiger charge is 2.29. The molecule has 0 spiro atoms. The fourth-order valence-corrected chi connectivity index (χ4v) is 4.09. The maximum Gasteiger partial charge on any atom is 0.264 e. The molecule has 4 rings (SSSR count). The third kappa shape index (κ3) is 1.80. The average molecular weight is 287 g/mol. The van der Waals surface area contributed by atoms with Crippen LogP contribution in [0.1, 0.15) is 38.6 Å². The summed E-state index contributed by atoms with van der Waals surface area (Å²) in [5.74, 6) is 0.169. The second-order valence-electron chi connectivity index (χ2n) is 5.66. The third-order valence-electron chi connectivity index (χ3n) is 4.24. The van der Waals surface area contributed by atoms with E-state index in [1.54, 1.807) is 11.3 Å². The average Bonchev–Trinajstić information content (AvgIpc) is 3.12. The molecule has 0 fully saturated rings. The second-order valence-corrected chi connectivity index (χ2v) is 6.57. The Morgan fingerprint density at radius 2 is 2.25 bits per heavy atom. The van der Waals surface area contributed by atoms with E-state index in [1.807, 2.05) is 23.3 Å². The van der Waals surface area contributed by atoms with Crippen molar-refractivity contribution in [2.45, 2.75) is 39.3 Å². The van der Waals surface area contributed by atoms with Crippen LogP contribution in [0.5, 0.6) is 0 Å². The molecule has 104 valence electrons. The van der Waals surface area contributed by atoms with Crippen molar-refractivity contribution in [3.05, 3.63) is 38.8 Å². The van der Waals surface area contributed by atoms with Crippen molar-refractivity contribution in [1.29, 1.82) is 0 Å². The van der Waals surface area contributed by atoms with E-state index in [0.29, 0.717) is 0 Å². The van der Waals surface area contributed by atoms with Crippen LogP contribution >= 0.6 is 11.3 Å². The van der Waals surface area contributed by atoms with E-state index >= 15 is 0 Å². The first-order valence-corrected chi connectivity index (χ1v) is 8.02. The second kappa shape index (κ2) is 4.45. The molecule has 2 aromatic rings. The van der Waals surface area contributed by atoms with E-state index in [1.165, 1.54) is 28.9 Å². The Labute approximate surface area is 122 Å². The summed E-state index contributed by atoms with van der Waals surface area (Å²) in [5, 5.41) is 6.72. The molecule has 0 unspecified atom stereocenters. The molecular formula is C15H17N3OS. The zero-order valence-corrected chi connectivity index (χ0v) is 12.4. The van der Waals surface area contributed by atoms with Crippen molar-refractivity contribution in [2.24, 2.45) is 0 Å². The van der Waals surface area contributed by atoms with E-state index in [2.05, 4.69) is 9.78 Å². The maximum absolute atomic E-state index is 12.6. The molecular weight excluding hydrogens is 270 g/mol. The van der Waals surface area contributed by atoms with Crippen LogP contribution in [0.2, 0.25) is 0 Å². The van der Waals surface area contributed by atoms with Gasteiger partial charge in [0, 0.05) is 6.54 Å². The minimum absolute atomic E-state index is 0.169. The number of hydrogen-bond acceptors (Lipinski definition) is 3. The number of fused-ring (bicyclic) bond motifs is 3. The predicted molar refractivity (Wildman–Crippen MR) is 78.0 cm³/mol. The van der Waals surface area contributed by atoms with E-state index in [4.69, 9.17) is 0 Å². The van der Waals surface area contributed by atoms with E-state index in [9.17, 15) is 4.79 Å². The van der Waals surface area contributed by atoms with Gasteiger partial charge in [0.2, 0.25) is 0 Å². The van der Waals surface area contributed by atoms with E-state index in [0.717, 1.165) is 37.4 Å². The molecule has 0 atom stereocenters. The molecule has 0 aromatic carbocycles. The molecule has 2 aliphatic rings. The summed E-state index contributed by atoms with van der Waals surface area (Å²) in [5.41, 5.74) is 5.11. The summed E-state index contributed by atoms with van der Waals surface area (Å²) >= 11 is 1.55. The van der Waals surface area contributed by atoms with Crippen molar-refractivity contribution < 1.29 is 4.79 Å². The summed E-state index contributed by atoms with van der Waals surface area (Å²) in [4.78, 5) is 15.4. The number of nitrogens with zero attached hydrogens (tertiary/aromatic N) is 3. The molecule has 20 heavy (non-hydrogen) atoms. The van der Waals surface area contributed by atoms with Gasteiger partial charge in [0.15, 0.2) is 0 Å². The van der Waals surface area contributed by atoms with Gasteiger partial charge in [-0.05, 0) is 48.8 Å². The first-order chi connectivity index (χ1) is 9.72. The highest BCUT2D eigenvalue weighted by molar-refractivity contribution is 7.12. The summed E-state index contributed by atoms with van der Waals surface area (Å²) in [6, 6.07) is 1.99. The Morgan fingerprint density at radius 3 is 3.05 bits per heavy atom. The Morgan fingerprint density at radius 1 is 1.35 bits per heavy atom. The van der Waals surface area contributed by atoms with Crippen LogP contribution in [0.4, 0.5) is 0 Å². The van der Waals surface area contributed by atoms with Crippen molar-refractivity contribution in [1.82, 2.24) is 14.7 Å². The molecule has 2 aromatic heterocycles. The van der Waals surface area contributed by atoms with Crippen molar-refractivity contribution >= 4 is 17.2 Å². The van der Waals surface area contributed by atoms with Gasteiger partial charge in [0.25, 0.3) is 5.91 Å². The summed E-state index contributed by atoms with van der Waals surface area (Å²) in [6.07, 6.45) is 3.45. The number of rotatable bonds is 1. The van der Waals surface area contributed by atoms with Gasteiger partial charge in [-0.25, -0.2) is 0 Å². The molecule has 1 aliphatic heterocycles. The van der Waals surface area contributed by atoms with E-state index < -0.39 is 0 Å². The van der Waals surface area contributed by atoms with Gasteiger partial charge in [-0.3, -0.25) is 9.48 Å². The van der Waals surface area contributed by atoms with Crippen molar-refractivity contribution in [3.8, 4) is 0 Å². The van der Waals surface area contributed by atoms with Crippen LogP contribution in [0.15, 0.2) is 11.4 Å². The van der Waals surface area contributed by atoms with Gasteiger partial charge >= 0.3 is 0 Å². The first-order valence-electron chi connectivity index (χ1n) is 7.14. The van der Waals surface area contributed by atoms with Crippen LogP contribution in [0.3, 0.4) is 0 Å². The molecule has 0 radical (unpaired) electrons. The van der Waals surface area contributed by atoms with Gasteiger partial charge in [-0.1, -0.05) is 0 Å². The highest BCUT2D eigenvalue weighted by Crippen LogP contribution is 2.28. The van der Waals surface area contributed by atoms with Crippen molar-refractivity contribution in [3.63, 3.8) is 0 Å².